The summed E-state index contributed by atoms with van der Waals surface area (Å²) in [6.07, 6.45) is 3.01. The second-order valence-corrected chi connectivity index (χ2v) is 6.95. The molecule has 1 saturated heterocycles. The summed E-state index contributed by atoms with van der Waals surface area (Å²) in [6, 6.07) is 0. The van der Waals surface area contributed by atoms with E-state index in [1.165, 1.54) is 22.2 Å². The fourth-order valence-corrected chi connectivity index (χ4v) is 3.94. The molecule has 0 aromatic carbocycles. The highest BCUT2D eigenvalue weighted by molar-refractivity contribution is 7.22. The predicted octanol–water partition coefficient (Wildman–Crippen LogP) is -0.309. The molecule has 3 N–H and O–H groups in total. The van der Waals surface area contributed by atoms with E-state index in [9.17, 15) is 14.4 Å². The largest absolute Gasteiger partial charge is 0.368 e. The van der Waals surface area contributed by atoms with Crippen molar-refractivity contribution in [1.82, 2.24) is 19.9 Å². The van der Waals surface area contributed by atoms with Crippen molar-refractivity contribution >= 4 is 38.6 Å². The first kappa shape index (κ1) is 17.3. The molecule has 0 aliphatic carbocycles. The van der Waals surface area contributed by atoms with E-state index in [0.717, 1.165) is 19.4 Å². The number of hydrogen-bond acceptors (Lipinski definition) is 7. The first-order valence-corrected chi connectivity index (χ1v) is 8.98. The van der Waals surface area contributed by atoms with Gasteiger partial charge in [-0.2, -0.15) is 4.98 Å². The molecule has 0 spiro atoms. The molecule has 0 unspecified atom stereocenters. The lowest BCUT2D eigenvalue weighted by Gasteiger charge is -2.31. The second-order valence-electron chi connectivity index (χ2n) is 5.97. The fourth-order valence-electron chi connectivity index (χ4n) is 2.93. The Labute approximate surface area is 147 Å². The van der Waals surface area contributed by atoms with Crippen molar-refractivity contribution in [3.05, 3.63) is 16.7 Å². The highest BCUT2D eigenvalue weighted by Gasteiger charge is 2.27. The van der Waals surface area contributed by atoms with Crippen LogP contribution in [0, 0.1) is 5.92 Å². The number of anilines is 1. The minimum absolute atomic E-state index is 0.0512. The van der Waals surface area contributed by atoms with Gasteiger partial charge in [0.2, 0.25) is 11.8 Å². The van der Waals surface area contributed by atoms with Crippen molar-refractivity contribution in [2.45, 2.75) is 26.3 Å². The van der Waals surface area contributed by atoms with Crippen LogP contribution >= 0.6 is 11.3 Å². The Kier molecular flexibility index (Phi) is 4.98. The number of rotatable bonds is 5. The van der Waals surface area contributed by atoms with Crippen LogP contribution in [0.2, 0.25) is 0 Å². The van der Waals surface area contributed by atoms with Crippen LogP contribution in [0.25, 0.3) is 10.3 Å². The van der Waals surface area contributed by atoms with Gasteiger partial charge < -0.3 is 16.0 Å². The molecular formula is C15H20N6O3S. The molecule has 0 radical (unpaired) electrons. The zero-order chi connectivity index (χ0) is 18.0. The zero-order valence-electron chi connectivity index (χ0n) is 13.9. The van der Waals surface area contributed by atoms with E-state index < -0.39 is 5.91 Å². The standard InChI is InChI=1S/C15H20N6O3S/c1-2-17-13(23)9-4-3-5-20(6-9)15-19-12-11(25-15)14(24)21(8-18-12)7-10(16)22/h8-9H,2-7H2,1H3,(H2,16,22)(H,17,23)/t9-/m0/s1. The molecule has 3 heterocycles. The van der Waals surface area contributed by atoms with Crippen LogP contribution in [0.5, 0.6) is 0 Å². The van der Waals surface area contributed by atoms with E-state index in [2.05, 4.69) is 15.3 Å². The summed E-state index contributed by atoms with van der Waals surface area (Å²) in [4.78, 5) is 46.1. The topological polar surface area (TPSA) is 123 Å². The third-order valence-corrected chi connectivity index (χ3v) is 5.21. The molecule has 1 aliphatic rings. The smallest absolute Gasteiger partial charge is 0.273 e. The number of piperidine rings is 1. The van der Waals surface area contributed by atoms with Gasteiger partial charge >= 0.3 is 0 Å². The van der Waals surface area contributed by atoms with Gasteiger partial charge in [-0.15, -0.1) is 0 Å². The number of amides is 2. The lowest BCUT2D eigenvalue weighted by molar-refractivity contribution is -0.125. The minimum Gasteiger partial charge on any atom is -0.368 e. The van der Waals surface area contributed by atoms with Gasteiger partial charge in [-0.3, -0.25) is 19.0 Å². The number of nitrogens with two attached hydrogens (primary N) is 1. The van der Waals surface area contributed by atoms with Crippen molar-refractivity contribution in [2.24, 2.45) is 11.7 Å². The van der Waals surface area contributed by atoms with Gasteiger partial charge in [0.05, 0.1) is 5.92 Å². The summed E-state index contributed by atoms with van der Waals surface area (Å²) in [5, 5.41) is 3.53. The van der Waals surface area contributed by atoms with Crippen molar-refractivity contribution in [2.75, 3.05) is 24.5 Å². The Morgan fingerprint density at radius 2 is 2.28 bits per heavy atom. The number of aromatic nitrogens is 3. The Morgan fingerprint density at radius 3 is 3.00 bits per heavy atom. The first-order valence-electron chi connectivity index (χ1n) is 8.16. The van der Waals surface area contributed by atoms with Gasteiger partial charge in [-0.25, -0.2) is 4.98 Å². The highest BCUT2D eigenvalue weighted by atomic mass is 32.1. The Bertz CT molecular complexity index is 861. The maximum absolute atomic E-state index is 12.4. The normalized spacial score (nSPS) is 17.6. The van der Waals surface area contributed by atoms with Crippen LogP contribution in [0.3, 0.4) is 0 Å². The van der Waals surface area contributed by atoms with E-state index in [1.54, 1.807) is 0 Å². The molecule has 10 heteroatoms. The van der Waals surface area contributed by atoms with Crippen molar-refractivity contribution < 1.29 is 9.59 Å². The molecule has 9 nitrogen and oxygen atoms in total. The van der Waals surface area contributed by atoms with Crippen LogP contribution in [0.1, 0.15) is 19.8 Å². The van der Waals surface area contributed by atoms with E-state index in [4.69, 9.17) is 5.73 Å². The van der Waals surface area contributed by atoms with Gasteiger partial charge in [-0.05, 0) is 19.8 Å². The molecule has 2 aromatic rings. The first-order chi connectivity index (χ1) is 12.0. The van der Waals surface area contributed by atoms with Crippen LogP contribution in [0.15, 0.2) is 11.1 Å². The number of carbonyl (C=O) groups excluding carboxylic acids is 2. The Morgan fingerprint density at radius 1 is 1.48 bits per heavy atom. The molecule has 2 aromatic heterocycles. The van der Waals surface area contributed by atoms with Gasteiger partial charge in [0.25, 0.3) is 5.56 Å². The molecule has 3 rings (SSSR count). The minimum atomic E-state index is -0.603. The average molecular weight is 364 g/mol. The van der Waals surface area contributed by atoms with Crippen molar-refractivity contribution in [3.63, 3.8) is 0 Å². The van der Waals surface area contributed by atoms with E-state index in [-0.39, 0.29) is 23.9 Å². The SMILES string of the molecule is CCNC(=O)[C@H]1CCCN(c2nc3ncn(CC(N)=O)c(=O)c3s2)C1. The average Bonchev–Trinajstić information content (AvgIpc) is 3.03. The van der Waals surface area contributed by atoms with Gasteiger partial charge in [0, 0.05) is 19.6 Å². The molecule has 2 amide bonds. The van der Waals surface area contributed by atoms with E-state index in [0.29, 0.717) is 28.6 Å². The van der Waals surface area contributed by atoms with Crippen LogP contribution < -0.4 is 21.5 Å². The predicted molar refractivity (Wildman–Crippen MR) is 94.5 cm³/mol. The number of thiazole rings is 1. The lowest BCUT2D eigenvalue weighted by Crippen LogP contribution is -2.43. The monoisotopic (exact) mass is 364 g/mol. The quantitative estimate of drug-likeness (QED) is 0.750. The highest BCUT2D eigenvalue weighted by Crippen LogP contribution is 2.29. The molecule has 0 bridgehead atoms. The summed E-state index contributed by atoms with van der Waals surface area (Å²) in [5.41, 5.74) is 5.17. The van der Waals surface area contributed by atoms with Gasteiger partial charge in [-0.1, -0.05) is 11.3 Å². The molecule has 134 valence electrons. The van der Waals surface area contributed by atoms with Crippen molar-refractivity contribution in [3.8, 4) is 0 Å². The summed E-state index contributed by atoms with van der Waals surface area (Å²) in [5.74, 6) is -0.635. The molecule has 0 saturated carbocycles. The summed E-state index contributed by atoms with van der Waals surface area (Å²) in [7, 11) is 0. The number of fused-ring (bicyclic) bond motifs is 1. The lowest BCUT2D eigenvalue weighted by atomic mass is 9.97. The summed E-state index contributed by atoms with van der Waals surface area (Å²) >= 11 is 1.23. The number of carbonyl (C=O) groups is 2. The maximum atomic E-state index is 12.4. The molecule has 1 aliphatic heterocycles. The number of hydrogen-bond donors (Lipinski definition) is 2. The van der Waals surface area contributed by atoms with E-state index >= 15 is 0 Å². The summed E-state index contributed by atoms with van der Waals surface area (Å²) in [6.45, 7) is 3.65. The van der Waals surface area contributed by atoms with E-state index in [1.807, 2.05) is 11.8 Å². The maximum Gasteiger partial charge on any atom is 0.273 e. The molecule has 1 atom stereocenters. The van der Waals surface area contributed by atoms with Gasteiger partial charge in [0.15, 0.2) is 10.8 Å². The molecular weight excluding hydrogens is 344 g/mol. The molecule has 25 heavy (non-hydrogen) atoms. The molecule has 1 fully saturated rings. The number of nitrogens with one attached hydrogen (secondary N) is 1. The zero-order valence-corrected chi connectivity index (χ0v) is 14.7. The van der Waals surface area contributed by atoms with Crippen LogP contribution in [-0.4, -0.2) is 46.0 Å². The Hall–Kier alpha value is -2.49. The number of nitrogens with zero attached hydrogens (tertiary/aromatic N) is 4. The van der Waals surface area contributed by atoms with Crippen LogP contribution in [0.4, 0.5) is 5.13 Å². The second kappa shape index (κ2) is 7.18. The Balaban J connectivity index is 1.86. The van der Waals surface area contributed by atoms with Crippen molar-refractivity contribution in [1.29, 1.82) is 0 Å². The summed E-state index contributed by atoms with van der Waals surface area (Å²) < 4.78 is 1.57. The third kappa shape index (κ3) is 3.63. The van der Waals surface area contributed by atoms with Gasteiger partial charge in [0.1, 0.15) is 17.6 Å². The number of primary amides is 1. The third-order valence-electron chi connectivity index (χ3n) is 4.11. The fraction of sp³-hybridized carbons (Fsp3) is 0.533. The van der Waals surface area contributed by atoms with Crippen LogP contribution in [-0.2, 0) is 16.1 Å².